The van der Waals surface area contributed by atoms with Gasteiger partial charge in [-0.15, -0.1) is 12.4 Å². The van der Waals surface area contributed by atoms with Crippen molar-refractivity contribution in [1.29, 1.82) is 0 Å². The Hall–Kier alpha value is -1.15. The van der Waals surface area contributed by atoms with Gasteiger partial charge >= 0.3 is 0 Å². The smallest absolute Gasteiger partial charge is 0.272 e. The zero-order valence-corrected chi connectivity index (χ0v) is 15.2. The lowest BCUT2D eigenvalue weighted by Crippen LogP contribution is -2.51. The maximum absolute atomic E-state index is 12.5. The third kappa shape index (κ3) is 4.27. The first kappa shape index (κ1) is 19.2. The van der Waals surface area contributed by atoms with Crippen LogP contribution in [0.5, 0.6) is 0 Å². The first-order valence-corrected chi connectivity index (χ1v) is 8.53. The van der Waals surface area contributed by atoms with Crippen LogP contribution < -0.4 is 10.6 Å². The monoisotopic (exact) mass is 357 g/mol. The van der Waals surface area contributed by atoms with Crippen molar-refractivity contribution in [2.45, 2.75) is 32.9 Å². The van der Waals surface area contributed by atoms with Crippen LogP contribution in [0.4, 0.5) is 0 Å². The molecule has 0 bridgehead atoms. The van der Waals surface area contributed by atoms with E-state index in [-0.39, 0.29) is 18.3 Å². The van der Waals surface area contributed by atoms with Gasteiger partial charge in [-0.3, -0.25) is 14.8 Å². The number of amides is 1. The Labute approximate surface area is 149 Å². The summed E-state index contributed by atoms with van der Waals surface area (Å²) in [5.74, 6) is 0.397. The molecule has 3 rings (SSSR count). The predicted octanol–water partition coefficient (Wildman–Crippen LogP) is 0.564. The van der Waals surface area contributed by atoms with Gasteiger partial charge in [-0.1, -0.05) is 13.8 Å². The first-order valence-electron chi connectivity index (χ1n) is 8.53. The van der Waals surface area contributed by atoms with E-state index in [9.17, 15) is 4.79 Å². The summed E-state index contributed by atoms with van der Waals surface area (Å²) < 4.78 is 5.43. The van der Waals surface area contributed by atoms with E-state index >= 15 is 0 Å². The molecule has 136 valence electrons. The minimum atomic E-state index is -0.0786. The van der Waals surface area contributed by atoms with E-state index in [1.165, 1.54) is 0 Å². The number of rotatable bonds is 5. The Morgan fingerprint density at radius 3 is 2.83 bits per heavy atom. The Morgan fingerprint density at radius 1 is 1.38 bits per heavy atom. The average molecular weight is 358 g/mol. The minimum absolute atomic E-state index is 0. The molecule has 2 aliphatic rings. The molecule has 0 radical (unpaired) electrons. The lowest BCUT2D eigenvalue weighted by Gasteiger charge is -2.36. The van der Waals surface area contributed by atoms with E-state index in [2.05, 4.69) is 39.6 Å². The fourth-order valence-electron chi connectivity index (χ4n) is 3.39. The summed E-state index contributed by atoms with van der Waals surface area (Å²) in [7, 11) is 0. The molecule has 1 unspecified atom stereocenters. The molecule has 0 aliphatic carbocycles. The van der Waals surface area contributed by atoms with Crippen LogP contribution in [-0.4, -0.2) is 66.4 Å². The van der Waals surface area contributed by atoms with Gasteiger partial charge in [0.05, 0.1) is 13.2 Å². The van der Waals surface area contributed by atoms with Crippen LogP contribution in [0, 0.1) is 5.92 Å². The second-order valence-electron chi connectivity index (χ2n) is 6.63. The number of fused-ring (bicyclic) bond motifs is 1. The second-order valence-corrected chi connectivity index (χ2v) is 6.63. The van der Waals surface area contributed by atoms with Crippen LogP contribution in [0.2, 0.25) is 0 Å². The number of morpholine rings is 1. The molecule has 2 aliphatic heterocycles. The fourth-order valence-corrected chi connectivity index (χ4v) is 3.39. The third-order valence-electron chi connectivity index (χ3n) is 4.78. The zero-order chi connectivity index (χ0) is 16.2. The van der Waals surface area contributed by atoms with Crippen molar-refractivity contribution in [3.8, 4) is 0 Å². The molecule has 8 heteroatoms. The van der Waals surface area contributed by atoms with Crippen molar-refractivity contribution >= 4 is 18.3 Å². The molecular formula is C16H28ClN5O2. The molecule has 1 aromatic rings. The van der Waals surface area contributed by atoms with Crippen molar-refractivity contribution < 1.29 is 9.53 Å². The molecule has 1 aromatic heterocycles. The molecule has 0 spiro atoms. The number of nitrogens with one attached hydrogen (secondary N) is 3. The van der Waals surface area contributed by atoms with E-state index in [1.54, 1.807) is 0 Å². The number of carbonyl (C=O) groups is 1. The lowest BCUT2D eigenvalue weighted by atomic mass is 10.0. The van der Waals surface area contributed by atoms with Crippen molar-refractivity contribution in [1.82, 2.24) is 25.7 Å². The molecule has 1 fully saturated rings. The maximum Gasteiger partial charge on any atom is 0.272 e. The van der Waals surface area contributed by atoms with E-state index in [0.717, 1.165) is 50.5 Å². The topological polar surface area (TPSA) is 82.3 Å². The van der Waals surface area contributed by atoms with Crippen LogP contribution in [0.1, 0.15) is 35.6 Å². The van der Waals surface area contributed by atoms with Crippen LogP contribution in [-0.2, 0) is 17.7 Å². The lowest BCUT2D eigenvalue weighted by molar-refractivity contribution is 0.00671. The fraction of sp³-hybridized carbons (Fsp3) is 0.750. The van der Waals surface area contributed by atoms with Gasteiger partial charge in [0.25, 0.3) is 5.91 Å². The summed E-state index contributed by atoms with van der Waals surface area (Å²) in [6.45, 7) is 10.1. The van der Waals surface area contributed by atoms with E-state index in [0.29, 0.717) is 30.7 Å². The standard InChI is InChI=1S/C16H27N5O2.ClH/c1-11(2)14(21-5-7-23-8-6-21)10-18-16(22)15-12-9-17-4-3-13(12)19-20-15;/h11,14,17H,3-10H2,1-2H3,(H,18,22)(H,19,20);1H. The molecule has 1 amide bonds. The summed E-state index contributed by atoms with van der Waals surface area (Å²) in [5, 5.41) is 13.6. The van der Waals surface area contributed by atoms with E-state index in [4.69, 9.17) is 4.74 Å². The van der Waals surface area contributed by atoms with Gasteiger partial charge in [0.2, 0.25) is 0 Å². The number of hydrogen-bond acceptors (Lipinski definition) is 5. The molecule has 1 saturated heterocycles. The maximum atomic E-state index is 12.5. The van der Waals surface area contributed by atoms with Gasteiger partial charge in [0.15, 0.2) is 5.69 Å². The van der Waals surface area contributed by atoms with Crippen LogP contribution in [0.3, 0.4) is 0 Å². The van der Waals surface area contributed by atoms with Gasteiger partial charge in [0.1, 0.15) is 0 Å². The quantitative estimate of drug-likeness (QED) is 0.717. The van der Waals surface area contributed by atoms with Crippen molar-refractivity contribution in [3.05, 3.63) is 17.0 Å². The Morgan fingerprint density at radius 2 is 2.12 bits per heavy atom. The molecule has 24 heavy (non-hydrogen) atoms. The van der Waals surface area contributed by atoms with Gasteiger partial charge in [-0.2, -0.15) is 5.10 Å². The molecule has 3 N–H and O–H groups in total. The normalized spacial score (nSPS) is 19.5. The van der Waals surface area contributed by atoms with Crippen LogP contribution >= 0.6 is 12.4 Å². The molecule has 0 saturated carbocycles. The highest BCUT2D eigenvalue weighted by Gasteiger charge is 2.26. The minimum Gasteiger partial charge on any atom is -0.379 e. The Balaban J connectivity index is 0.00000208. The molecule has 3 heterocycles. The summed E-state index contributed by atoms with van der Waals surface area (Å²) >= 11 is 0. The summed E-state index contributed by atoms with van der Waals surface area (Å²) in [6.07, 6.45) is 0.901. The number of aromatic nitrogens is 2. The van der Waals surface area contributed by atoms with Gasteiger partial charge in [-0.25, -0.2) is 0 Å². The third-order valence-corrected chi connectivity index (χ3v) is 4.78. The second kappa shape index (κ2) is 8.80. The number of H-pyrrole nitrogens is 1. The largest absolute Gasteiger partial charge is 0.379 e. The Kier molecular flexibility index (Phi) is 7.03. The average Bonchev–Trinajstić information content (AvgIpc) is 2.99. The Bertz CT molecular complexity index is 543. The zero-order valence-electron chi connectivity index (χ0n) is 14.4. The molecule has 1 atom stereocenters. The number of halogens is 1. The van der Waals surface area contributed by atoms with Gasteiger partial charge in [-0.05, 0) is 5.92 Å². The van der Waals surface area contributed by atoms with Gasteiger partial charge < -0.3 is 15.4 Å². The number of carbonyl (C=O) groups excluding carboxylic acids is 1. The summed E-state index contributed by atoms with van der Waals surface area (Å²) in [6, 6.07) is 0.329. The first-order chi connectivity index (χ1) is 11.2. The highest BCUT2D eigenvalue weighted by molar-refractivity contribution is 5.94. The number of ether oxygens (including phenoxy) is 1. The molecular weight excluding hydrogens is 330 g/mol. The molecule has 7 nitrogen and oxygen atoms in total. The van der Waals surface area contributed by atoms with Gasteiger partial charge in [0, 0.05) is 56.4 Å². The van der Waals surface area contributed by atoms with Crippen LogP contribution in [0.25, 0.3) is 0 Å². The predicted molar refractivity (Wildman–Crippen MR) is 94.6 cm³/mol. The SMILES string of the molecule is CC(C)C(CNC(=O)c1n[nH]c2c1CNCC2)N1CCOCC1.Cl. The van der Waals surface area contributed by atoms with Crippen molar-refractivity contribution in [2.75, 3.05) is 39.4 Å². The van der Waals surface area contributed by atoms with Crippen molar-refractivity contribution in [2.24, 2.45) is 5.92 Å². The highest BCUT2D eigenvalue weighted by Crippen LogP contribution is 2.16. The van der Waals surface area contributed by atoms with Crippen molar-refractivity contribution in [3.63, 3.8) is 0 Å². The molecule has 0 aromatic carbocycles. The van der Waals surface area contributed by atoms with Crippen LogP contribution in [0.15, 0.2) is 0 Å². The number of nitrogens with zero attached hydrogens (tertiary/aromatic N) is 2. The number of hydrogen-bond donors (Lipinski definition) is 3. The summed E-state index contributed by atoms with van der Waals surface area (Å²) in [4.78, 5) is 14.9. The number of aromatic amines is 1. The highest BCUT2D eigenvalue weighted by atomic mass is 35.5. The van der Waals surface area contributed by atoms with E-state index in [1.807, 2.05) is 0 Å². The summed E-state index contributed by atoms with van der Waals surface area (Å²) in [5.41, 5.74) is 2.64. The van der Waals surface area contributed by atoms with E-state index < -0.39 is 0 Å².